The molecule has 0 radical (unpaired) electrons. The van der Waals surface area contributed by atoms with Crippen LogP contribution in [-0.4, -0.2) is 23.2 Å². The van der Waals surface area contributed by atoms with Crippen LogP contribution >= 0.6 is 0 Å². The lowest BCUT2D eigenvalue weighted by atomic mass is 10.0. The predicted octanol–water partition coefficient (Wildman–Crippen LogP) is 1.54. The van der Waals surface area contributed by atoms with Gasteiger partial charge in [0.15, 0.2) is 11.6 Å². The fourth-order valence-corrected chi connectivity index (χ4v) is 1.07. The first-order valence-corrected chi connectivity index (χ1v) is 4.93. The van der Waals surface area contributed by atoms with Crippen molar-refractivity contribution in [1.29, 1.82) is 0 Å². The van der Waals surface area contributed by atoms with E-state index in [9.17, 15) is 13.6 Å². The van der Waals surface area contributed by atoms with E-state index in [-0.39, 0.29) is 18.8 Å². The van der Waals surface area contributed by atoms with Crippen molar-refractivity contribution in [2.75, 3.05) is 6.61 Å². The van der Waals surface area contributed by atoms with E-state index in [1.165, 1.54) is 6.92 Å². The first-order chi connectivity index (χ1) is 7.83. The Morgan fingerprint density at radius 1 is 1.53 bits per heavy atom. The van der Waals surface area contributed by atoms with Crippen LogP contribution in [-0.2, 0) is 4.79 Å². The fourth-order valence-electron chi connectivity index (χ4n) is 1.07. The van der Waals surface area contributed by atoms with Gasteiger partial charge in [-0.25, -0.2) is 8.78 Å². The number of nitrogens with two attached hydrogens (primary N) is 1. The Hall–Kier alpha value is -1.69. The summed E-state index contributed by atoms with van der Waals surface area (Å²) in [5.41, 5.74) is 3.99. The molecule has 1 unspecified atom stereocenters. The molecule has 0 aromatic heterocycles. The zero-order chi connectivity index (χ0) is 13.1. The fraction of sp³-hybridized carbons (Fsp3) is 0.364. The van der Waals surface area contributed by atoms with Gasteiger partial charge < -0.3 is 15.6 Å². The molecular formula is C11H13F2NO3. The summed E-state index contributed by atoms with van der Waals surface area (Å²) in [7, 11) is 0. The standard InChI is InChI=1S/C11H13F2NO3/c1-11(14,10(15)16)4-5-17-9-6-7(12)2-3-8(9)13/h2-3,6H,4-5,14H2,1H3,(H,15,16). The minimum atomic E-state index is -1.45. The molecule has 1 atom stereocenters. The number of rotatable bonds is 5. The van der Waals surface area contributed by atoms with Crippen molar-refractivity contribution in [2.24, 2.45) is 5.73 Å². The Balaban J connectivity index is 2.57. The van der Waals surface area contributed by atoms with Crippen molar-refractivity contribution in [3.8, 4) is 5.75 Å². The minimum absolute atomic E-state index is 0.0156. The highest BCUT2D eigenvalue weighted by atomic mass is 19.1. The van der Waals surface area contributed by atoms with Crippen LogP contribution in [0.5, 0.6) is 5.75 Å². The Labute approximate surface area is 97.0 Å². The molecule has 1 aromatic rings. The summed E-state index contributed by atoms with van der Waals surface area (Å²) in [6, 6.07) is 2.79. The van der Waals surface area contributed by atoms with Crippen LogP contribution in [0.4, 0.5) is 8.78 Å². The zero-order valence-corrected chi connectivity index (χ0v) is 9.24. The highest BCUT2D eigenvalue weighted by Gasteiger charge is 2.27. The maximum atomic E-state index is 13.1. The van der Waals surface area contributed by atoms with Gasteiger partial charge in [0.1, 0.15) is 11.4 Å². The number of ether oxygens (including phenoxy) is 1. The molecule has 0 aliphatic rings. The molecule has 1 aromatic carbocycles. The van der Waals surface area contributed by atoms with Gasteiger partial charge in [0.25, 0.3) is 0 Å². The first-order valence-electron chi connectivity index (χ1n) is 4.93. The average molecular weight is 245 g/mol. The largest absolute Gasteiger partial charge is 0.490 e. The highest BCUT2D eigenvalue weighted by Crippen LogP contribution is 2.18. The lowest BCUT2D eigenvalue weighted by Crippen LogP contribution is -2.45. The topological polar surface area (TPSA) is 72.5 Å². The number of hydrogen-bond acceptors (Lipinski definition) is 3. The molecular weight excluding hydrogens is 232 g/mol. The van der Waals surface area contributed by atoms with Gasteiger partial charge in [0, 0.05) is 12.5 Å². The third-order valence-corrected chi connectivity index (χ3v) is 2.26. The Bertz CT molecular complexity index is 421. The van der Waals surface area contributed by atoms with Crippen molar-refractivity contribution >= 4 is 5.97 Å². The molecule has 94 valence electrons. The van der Waals surface area contributed by atoms with E-state index >= 15 is 0 Å². The maximum Gasteiger partial charge on any atom is 0.323 e. The molecule has 0 aliphatic carbocycles. The monoisotopic (exact) mass is 245 g/mol. The highest BCUT2D eigenvalue weighted by molar-refractivity contribution is 5.77. The molecule has 1 rings (SSSR count). The molecule has 6 heteroatoms. The van der Waals surface area contributed by atoms with Gasteiger partial charge in [-0.15, -0.1) is 0 Å². The third-order valence-electron chi connectivity index (χ3n) is 2.26. The smallest absolute Gasteiger partial charge is 0.323 e. The van der Waals surface area contributed by atoms with E-state index in [0.717, 1.165) is 18.2 Å². The van der Waals surface area contributed by atoms with Gasteiger partial charge in [-0.05, 0) is 19.1 Å². The van der Waals surface area contributed by atoms with Gasteiger partial charge in [0.05, 0.1) is 6.61 Å². The van der Waals surface area contributed by atoms with Crippen molar-refractivity contribution < 1.29 is 23.4 Å². The van der Waals surface area contributed by atoms with Crippen molar-refractivity contribution in [3.63, 3.8) is 0 Å². The molecule has 0 fully saturated rings. The molecule has 0 spiro atoms. The van der Waals surface area contributed by atoms with E-state index in [1.54, 1.807) is 0 Å². The SMILES string of the molecule is CC(N)(CCOc1cc(F)ccc1F)C(=O)O. The van der Waals surface area contributed by atoms with Crippen molar-refractivity contribution in [1.82, 2.24) is 0 Å². The zero-order valence-electron chi connectivity index (χ0n) is 9.24. The van der Waals surface area contributed by atoms with Crippen LogP contribution in [0, 0.1) is 11.6 Å². The average Bonchev–Trinajstić information content (AvgIpc) is 2.22. The molecule has 0 saturated carbocycles. The van der Waals surface area contributed by atoms with E-state index < -0.39 is 23.1 Å². The summed E-state index contributed by atoms with van der Waals surface area (Å²) >= 11 is 0. The molecule has 0 bridgehead atoms. The number of carbonyl (C=O) groups is 1. The molecule has 0 heterocycles. The van der Waals surface area contributed by atoms with Gasteiger partial charge in [0.2, 0.25) is 0 Å². The molecule has 3 N–H and O–H groups in total. The van der Waals surface area contributed by atoms with Crippen LogP contribution in [0.3, 0.4) is 0 Å². The normalized spacial score (nSPS) is 14.1. The first kappa shape index (κ1) is 13.4. The summed E-state index contributed by atoms with van der Waals surface area (Å²) in [6.45, 7) is 1.21. The third kappa shape index (κ3) is 3.67. The van der Waals surface area contributed by atoms with Crippen molar-refractivity contribution in [3.05, 3.63) is 29.8 Å². The summed E-state index contributed by atoms with van der Waals surface area (Å²) in [4.78, 5) is 10.7. The van der Waals surface area contributed by atoms with Crippen LogP contribution in [0.15, 0.2) is 18.2 Å². The van der Waals surface area contributed by atoms with E-state index in [0.29, 0.717) is 0 Å². The number of aliphatic carboxylic acids is 1. The van der Waals surface area contributed by atoms with Gasteiger partial charge in [-0.2, -0.15) is 0 Å². The summed E-state index contributed by atoms with van der Waals surface area (Å²) in [5.74, 6) is -2.78. The second-order valence-electron chi connectivity index (χ2n) is 3.90. The minimum Gasteiger partial charge on any atom is -0.490 e. The second kappa shape index (κ2) is 5.09. The second-order valence-corrected chi connectivity index (χ2v) is 3.90. The number of hydrogen-bond donors (Lipinski definition) is 2. The molecule has 17 heavy (non-hydrogen) atoms. The molecule has 0 amide bonds. The van der Waals surface area contributed by atoms with Crippen LogP contribution in [0.25, 0.3) is 0 Å². The number of benzene rings is 1. The molecule has 0 saturated heterocycles. The predicted molar refractivity (Wildman–Crippen MR) is 56.7 cm³/mol. The van der Waals surface area contributed by atoms with Crippen molar-refractivity contribution in [2.45, 2.75) is 18.9 Å². The lowest BCUT2D eigenvalue weighted by molar-refractivity contribution is -0.143. The quantitative estimate of drug-likeness (QED) is 0.825. The Morgan fingerprint density at radius 2 is 2.18 bits per heavy atom. The maximum absolute atomic E-state index is 13.1. The van der Waals surface area contributed by atoms with E-state index in [1.807, 2.05) is 0 Å². The van der Waals surface area contributed by atoms with E-state index in [2.05, 4.69) is 0 Å². The van der Waals surface area contributed by atoms with Crippen LogP contribution in [0.2, 0.25) is 0 Å². The summed E-state index contributed by atoms with van der Waals surface area (Å²) in [5, 5.41) is 8.72. The van der Waals surface area contributed by atoms with E-state index in [4.69, 9.17) is 15.6 Å². The van der Waals surface area contributed by atoms with Gasteiger partial charge >= 0.3 is 5.97 Å². The van der Waals surface area contributed by atoms with Crippen LogP contribution in [0.1, 0.15) is 13.3 Å². The lowest BCUT2D eigenvalue weighted by Gasteiger charge is -2.19. The Morgan fingerprint density at radius 3 is 2.76 bits per heavy atom. The van der Waals surface area contributed by atoms with Gasteiger partial charge in [-0.1, -0.05) is 0 Å². The number of carboxylic acids is 1. The number of halogens is 2. The molecule has 0 aliphatic heterocycles. The summed E-state index contributed by atoms with van der Waals surface area (Å²) < 4.78 is 30.8. The van der Waals surface area contributed by atoms with Crippen LogP contribution < -0.4 is 10.5 Å². The van der Waals surface area contributed by atoms with Gasteiger partial charge in [-0.3, -0.25) is 4.79 Å². The summed E-state index contributed by atoms with van der Waals surface area (Å²) in [6.07, 6.45) is -0.0156. The molecule has 4 nitrogen and oxygen atoms in total. The Kier molecular flexibility index (Phi) is 4.01. The number of carboxylic acid groups (broad SMARTS) is 1.